The van der Waals surface area contributed by atoms with Crippen molar-refractivity contribution in [3.63, 3.8) is 0 Å². The highest BCUT2D eigenvalue weighted by atomic mass is 16.5. The van der Waals surface area contributed by atoms with Gasteiger partial charge in [-0.3, -0.25) is 4.68 Å². The molecule has 6 nitrogen and oxygen atoms in total. The lowest BCUT2D eigenvalue weighted by Gasteiger charge is -2.09. The van der Waals surface area contributed by atoms with Gasteiger partial charge in [-0.25, -0.2) is 9.78 Å². The fourth-order valence-electron chi connectivity index (χ4n) is 1.93. The highest BCUT2D eigenvalue weighted by Gasteiger charge is 2.20. The van der Waals surface area contributed by atoms with Crippen LogP contribution in [-0.2, 0) is 7.05 Å². The van der Waals surface area contributed by atoms with E-state index in [0.717, 1.165) is 0 Å². The van der Waals surface area contributed by atoms with Gasteiger partial charge in [0.05, 0.1) is 17.7 Å². The summed E-state index contributed by atoms with van der Waals surface area (Å²) in [5.41, 5.74) is 1.35. The van der Waals surface area contributed by atoms with Crippen molar-refractivity contribution in [2.45, 2.75) is 13.3 Å². The summed E-state index contributed by atoms with van der Waals surface area (Å²) >= 11 is 0. The first-order valence-electron chi connectivity index (χ1n) is 5.85. The minimum atomic E-state index is -1.06. The van der Waals surface area contributed by atoms with E-state index in [2.05, 4.69) is 16.7 Å². The van der Waals surface area contributed by atoms with E-state index in [9.17, 15) is 9.90 Å². The molecular weight excluding hydrogens is 246 g/mol. The second kappa shape index (κ2) is 5.09. The molecule has 0 bridgehead atoms. The summed E-state index contributed by atoms with van der Waals surface area (Å²) in [6, 6.07) is 0. The monoisotopic (exact) mass is 261 g/mol. The van der Waals surface area contributed by atoms with Gasteiger partial charge in [0.1, 0.15) is 11.3 Å². The maximum atomic E-state index is 11.2. The lowest BCUT2D eigenvalue weighted by molar-refractivity contribution is 0.0692. The molecule has 2 heterocycles. The van der Waals surface area contributed by atoms with Gasteiger partial charge in [0.2, 0.25) is 0 Å². The third kappa shape index (κ3) is 2.29. The number of aromatic nitrogens is 3. The molecular formula is C13H15N3O3. The summed E-state index contributed by atoms with van der Waals surface area (Å²) in [4.78, 5) is 15.4. The van der Waals surface area contributed by atoms with Crippen LogP contribution in [-0.4, -0.2) is 32.4 Å². The molecule has 2 aromatic rings. The van der Waals surface area contributed by atoms with E-state index in [0.29, 0.717) is 35.5 Å². The molecule has 0 spiro atoms. The van der Waals surface area contributed by atoms with Crippen molar-refractivity contribution in [3.8, 4) is 5.75 Å². The van der Waals surface area contributed by atoms with Gasteiger partial charge in [-0.15, -0.1) is 6.58 Å². The number of rotatable bonds is 5. The number of carboxylic acid groups (broad SMARTS) is 1. The number of carbonyl (C=O) groups is 1. The van der Waals surface area contributed by atoms with Crippen molar-refractivity contribution >= 4 is 17.0 Å². The Hall–Kier alpha value is -2.37. The molecule has 6 heteroatoms. The standard InChI is InChI=1S/C13H15N3O3/c1-4-5-6-19-11-9(13(17)18)7-14-12-10(11)8(2)15-16(12)3/h4,7H,1,5-6H2,2-3H3,(H,17,18). The number of fused-ring (bicyclic) bond motifs is 1. The number of pyridine rings is 1. The van der Waals surface area contributed by atoms with E-state index < -0.39 is 5.97 Å². The molecule has 100 valence electrons. The Morgan fingerprint density at radius 2 is 2.37 bits per heavy atom. The minimum absolute atomic E-state index is 0.0488. The van der Waals surface area contributed by atoms with E-state index in [1.54, 1.807) is 24.7 Å². The van der Waals surface area contributed by atoms with E-state index in [1.165, 1.54) is 6.20 Å². The second-order valence-electron chi connectivity index (χ2n) is 4.14. The first-order chi connectivity index (χ1) is 9.06. The quantitative estimate of drug-likeness (QED) is 0.657. The number of aromatic carboxylic acids is 1. The SMILES string of the molecule is C=CCCOc1c(C(=O)O)cnc2c1c(C)nn2C. The second-order valence-corrected chi connectivity index (χ2v) is 4.14. The van der Waals surface area contributed by atoms with Gasteiger partial charge in [0.25, 0.3) is 0 Å². The summed E-state index contributed by atoms with van der Waals surface area (Å²) in [5.74, 6) is -0.740. The fourth-order valence-corrected chi connectivity index (χ4v) is 1.93. The average Bonchev–Trinajstić information content (AvgIpc) is 2.65. The Morgan fingerprint density at radius 1 is 1.63 bits per heavy atom. The number of hydrogen-bond donors (Lipinski definition) is 1. The van der Waals surface area contributed by atoms with Crippen LogP contribution in [0, 0.1) is 6.92 Å². The molecule has 0 unspecified atom stereocenters. The van der Waals surface area contributed by atoms with Crippen molar-refractivity contribution in [2.24, 2.45) is 7.05 Å². The normalized spacial score (nSPS) is 10.6. The van der Waals surface area contributed by atoms with Crippen LogP contribution in [0.3, 0.4) is 0 Å². The third-order valence-electron chi connectivity index (χ3n) is 2.78. The van der Waals surface area contributed by atoms with Crippen LogP contribution >= 0.6 is 0 Å². The van der Waals surface area contributed by atoms with Crippen LogP contribution in [0.25, 0.3) is 11.0 Å². The van der Waals surface area contributed by atoms with Crippen LogP contribution in [0.2, 0.25) is 0 Å². The number of nitrogens with zero attached hydrogens (tertiary/aromatic N) is 3. The van der Waals surface area contributed by atoms with Crippen LogP contribution in [0.1, 0.15) is 22.5 Å². The first kappa shape index (κ1) is 13.1. The van der Waals surface area contributed by atoms with E-state index in [1.807, 2.05) is 0 Å². The summed E-state index contributed by atoms with van der Waals surface area (Å²) in [6.45, 7) is 5.78. The zero-order chi connectivity index (χ0) is 14.0. The van der Waals surface area contributed by atoms with Crippen molar-refractivity contribution < 1.29 is 14.6 Å². The van der Waals surface area contributed by atoms with Gasteiger partial charge in [-0.1, -0.05) is 6.08 Å². The summed E-state index contributed by atoms with van der Waals surface area (Å²) < 4.78 is 7.21. The molecule has 2 rings (SSSR count). The zero-order valence-corrected chi connectivity index (χ0v) is 10.9. The summed E-state index contributed by atoms with van der Waals surface area (Å²) in [6.07, 6.45) is 3.66. The molecule has 0 fully saturated rings. The van der Waals surface area contributed by atoms with Crippen LogP contribution < -0.4 is 4.74 Å². The Balaban J connectivity index is 2.61. The summed E-state index contributed by atoms with van der Waals surface area (Å²) in [7, 11) is 1.76. The molecule has 0 radical (unpaired) electrons. The van der Waals surface area contributed by atoms with Gasteiger partial charge in [-0.2, -0.15) is 5.10 Å². The van der Waals surface area contributed by atoms with Gasteiger partial charge in [-0.05, 0) is 13.3 Å². The Labute approximate surface area is 110 Å². The molecule has 0 saturated carbocycles. The van der Waals surface area contributed by atoms with E-state index in [-0.39, 0.29) is 5.56 Å². The molecule has 0 saturated heterocycles. The molecule has 19 heavy (non-hydrogen) atoms. The Kier molecular flexibility index (Phi) is 3.50. The largest absolute Gasteiger partial charge is 0.491 e. The predicted molar refractivity (Wildman–Crippen MR) is 70.5 cm³/mol. The lowest BCUT2D eigenvalue weighted by atomic mass is 10.1. The van der Waals surface area contributed by atoms with Crippen molar-refractivity contribution in [1.82, 2.24) is 14.8 Å². The number of carboxylic acids is 1. The van der Waals surface area contributed by atoms with Gasteiger partial charge in [0.15, 0.2) is 5.65 Å². The van der Waals surface area contributed by atoms with Gasteiger partial charge >= 0.3 is 5.97 Å². The van der Waals surface area contributed by atoms with Gasteiger partial charge < -0.3 is 9.84 Å². The first-order valence-corrected chi connectivity index (χ1v) is 5.85. The Morgan fingerprint density at radius 3 is 3.00 bits per heavy atom. The van der Waals surface area contributed by atoms with Crippen molar-refractivity contribution in [3.05, 3.63) is 30.1 Å². The topological polar surface area (TPSA) is 77.2 Å². The molecule has 0 aliphatic carbocycles. The summed E-state index contributed by atoms with van der Waals surface area (Å²) in [5, 5.41) is 14.1. The third-order valence-corrected chi connectivity index (χ3v) is 2.78. The molecule has 0 aliphatic rings. The fraction of sp³-hybridized carbons (Fsp3) is 0.308. The smallest absolute Gasteiger partial charge is 0.341 e. The molecule has 2 aromatic heterocycles. The van der Waals surface area contributed by atoms with Crippen LogP contribution in [0.15, 0.2) is 18.9 Å². The number of ether oxygens (including phenoxy) is 1. The predicted octanol–water partition coefficient (Wildman–Crippen LogP) is 1.93. The number of aryl methyl sites for hydroxylation is 2. The van der Waals surface area contributed by atoms with Crippen LogP contribution in [0.5, 0.6) is 5.75 Å². The highest BCUT2D eigenvalue weighted by Crippen LogP contribution is 2.30. The van der Waals surface area contributed by atoms with Crippen molar-refractivity contribution in [2.75, 3.05) is 6.61 Å². The average molecular weight is 261 g/mol. The maximum Gasteiger partial charge on any atom is 0.341 e. The maximum absolute atomic E-state index is 11.2. The molecule has 0 aromatic carbocycles. The molecule has 0 aliphatic heterocycles. The highest BCUT2D eigenvalue weighted by molar-refractivity contribution is 5.98. The number of hydrogen-bond acceptors (Lipinski definition) is 4. The zero-order valence-electron chi connectivity index (χ0n) is 10.9. The molecule has 1 N–H and O–H groups in total. The van der Waals surface area contributed by atoms with Crippen molar-refractivity contribution in [1.29, 1.82) is 0 Å². The lowest BCUT2D eigenvalue weighted by Crippen LogP contribution is -2.06. The minimum Gasteiger partial charge on any atom is -0.491 e. The van der Waals surface area contributed by atoms with Gasteiger partial charge in [0, 0.05) is 13.2 Å². The molecule has 0 atom stereocenters. The van der Waals surface area contributed by atoms with E-state index >= 15 is 0 Å². The Bertz CT molecular complexity index is 646. The molecule has 0 amide bonds. The van der Waals surface area contributed by atoms with Crippen LogP contribution in [0.4, 0.5) is 0 Å². The van der Waals surface area contributed by atoms with E-state index in [4.69, 9.17) is 4.74 Å².